The SMILES string of the molecule is COc1ccc(CN(Cc2ccc(OC)c(OC)c2OC)C(=S)Nc2ccc(Cl)cc2)cc1. The Bertz CT molecular complexity index is 1080. The monoisotopic (exact) mass is 486 g/mol. The van der Waals surface area contributed by atoms with Crippen molar-refractivity contribution in [2.24, 2.45) is 0 Å². The Balaban J connectivity index is 1.92. The zero-order valence-electron chi connectivity index (χ0n) is 19.1. The van der Waals surface area contributed by atoms with Crippen molar-refractivity contribution in [2.45, 2.75) is 13.1 Å². The largest absolute Gasteiger partial charge is 0.497 e. The van der Waals surface area contributed by atoms with Gasteiger partial charge in [-0.1, -0.05) is 23.7 Å². The van der Waals surface area contributed by atoms with Gasteiger partial charge in [0.1, 0.15) is 5.75 Å². The lowest BCUT2D eigenvalue weighted by molar-refractivity contribution is 0.316. The zero-order chi connectivity index (χ0) is 23.8. The molecule has 33 heavy (non-hydrogen) atoms. The molecule has 0 saturated carbocycles. The summed E-state index contributed by atoms with van der Waals surface area (Å²) in [6, 6.07) is 19.1. The van der Waals surface area contributed by atoms with Gasteiger partial charge >= 0.3 is 0 Å². The van der Waals surface area contributed by atoms with E-state index in [-0.39, 0.29) is 0 Å². The van der Waals surface area contributed by atoms with E-state index in [2.05, 4.69) is 10.2 Å². The zero-order valence-corrected chi connectivity index (χ0v) is 20.6. The van der Waals surface area contributed by atoms with Crippen LogP contribution in [0.25, 0.3) is 0 Å². The molecule has 0 fully saturated rings. The molecule has 1 N–H and O–H groups in total. The van der Waals surface area contributed by atoms with Crippen LogP contribution in [0.1, 0.15) is 11.1 Å². The number of ether oxygens (including phenoxy) is 4. The highest BCUT2D eigenvalue weighted by Crippen LogP contribution is 2.40. The molecule has 0 aliphatic heterocycles. The van der Waals surface area contributed by atoms with E-state index in [0.29, 0.717) is 40.5 Å². The molecular formula is C25H27ClN2O4S. The first kappa shape index (κ1) is 24.5. The molecule has 0 heterocycles. The number of nitrogens with zero attached hydrogens (tertiary/aromatic N) is 1. The van der Waals surface area contributed by atoms with Crippen molar-refractivity contribution in [3.8, 4) is 23.0 Å². The van der Waals surface area contributed by atoms with E-state index in [1.807, 2.05) is 60.7 Å². The fourth-order valence-corrected chi connectivity index (χ4v) is 3.75. The van der Waals surface area contributed by atoms with Crippen LogP contribution in [0.5, 0.6) is 23.0 Å². The first-order chi connectivity index (χ1) is 16.0. The van der Waals surface area contributed by atoms with Gasteiger partial charge in [-0.25, -0.2) is 0 Å². The maximum Gasteiger partial charge on any atom is 0.203 e. The highest BCUT2D eigenvalue weighted by molar-refractivity contribution is 7.80. The van der Waals surface area contributed by atoms with Gasteiger partial charge in [0.15, 0.2) is 16.6 Å². The van der Waals surface area contributed by atoms with Gasteiger partial charge in [0.25, 0.3) is 0 Å². The molecule has 0 aliphatic rings. The first-order valence-electron chi connectivity index (χ1n) is 10.2. The van der Waals surface area contributed by atoms with Gasteiger partial charge in [-0.05, 0) is 66.3 Å². The Morgan fingerprint density at radius 2 is 1.45 bits per heavy atom. The molecule has 0 aromatic heterocycles. The van der Waals surface area contributed by atoms with Crippen LogP contribution in [0, 0.1) is 0 Å². The molecule has 3 rings (SSSR count). The van der Waals surface area contributed by atoms with Crippen LogP contribution >= 0.6 is 23.8 Å². The summed E-state index contributed by atoms with van der Waals surface area (Å²) < 4.78 is 21.9. The summed E-state index contributed by atoms with van der Waals surface area (Å²) in [5.74, 6) is 2.54. The minimum atomic E-state index is 0.481. The van der Waals surface area contributed by atoms with Crippen LogP contribution in [-0.4, -0.2) is 38.5 Å². The molecule has 0 spiro atoms. The van der Waals surface area contributed by atoms with Gasteiger partial charge in [0.2, 0.25) is 5.75 Å². The van der Waals surface area contributed by atoms with Crippen molar-refractivity contribution in [3.05, 3.63) is 76.8 Å². The predicted molar refractivity (Wildman–Crippen MR) is 136 cm³/mol. The second kappa shape index (κ2) is 11.6. The third-order valence-corrected chi connectivity index (χ3v) is 5.67. The smallest absolute Gasteiger partial charge is 0.203 e. The maximum absolute atomic E-state index is 6.02. The number of nitrogens with one attached hydrogen (secondary N) is 1. The number of rotatable bonds is 9. The van der Waals surface area contributed by atoms with Gasteiger partial charge in [-0.3, -0.25) is 0 Å². The minimum Gasteiger partial charge on any atom is -0.497 e. The number of hydrogen-bond acceptors (Lipinski definition) is 5. The summed E-state index contributed by atoms with van der Waals surface area (Å²) in [4.78, 5) is 2.05. The molecule has 0 amide bonds. The molecule has 0 unspecified atom stereocenters. The summed E-state index contributed by atoms with van der Waals surface area (Å²) in [5, 5.41) is 4.52. The van der Waals surface area contributed by atoms with E-state index in [4.69, 9.17) is 42.8 Å². The second-order valence-corrected chi connectivity index (χ2v) is 7.96. The normalized spacial score (nSPS) is 10.3. The fourth-order valence-electron chi connectivity index (χ4n) is 3.38. The average Bonchev–Trinajstić information content (AvgIpc) is 2.84. The van der Waals surface area contributed by atoms with Gasteiger partial charge in [-0.15, -0.1) is 0 Å². The highest BCUT2D eigenvalue weighted by atomic mass is 35.5. The van der Waals surface area contributed by atoms with Gasteiger partial charge < -0.3 is 29.2 Å². The lowest BCUT2D eigenvalue weighted by Gasteiger charge is -2.27. The third-order valence-electron chi connectivity index (χ3n) is 5.06. The van der Waals surface area contributed by atoms with E-state index < -0.39 is 0 Å². The molecular weight excluding hydrogens is 460 g/mol. The summed E-state index contributed by atoms with van der Waals surface area (Å²) in [6.45, 7) is 1.05. The molecule has 0 atom stereocenters. The standard InChI is InChI=1S/C25H27ClN2O4S/c1-29-21-12-5-17(6-13-21)15-28(25(33)27-20-10-8-19(26)9-11-20)16-18-7-14-22(30-2)24(32-4)23(18)31-3/h5-14H,15-16H2,1-4H3,(H,27,33). The maximum atomic E-state index is 6.02. The van der Waals surface area contributed by atoms with E-state index in [9.17, 15) is 0 Å². The van der Waals surface area contributed by atoms with Crippen molar-refractivity contribution < 1.29 is 18.9 Å². The van der Waals surface area contributed by atoms with Crippen LogP contribution in [0.2, 0.25) is 5.02 Å². The molecule has 174 valence electrons. The fraction of sp³-hybridized carbons (Fsp3) is 0.240. The molecule has 0 radical (unpaired) electrons. The van der Waals surface area contributed by atoms with Crippen LogP contribution in [0.15, 0.2) is 60.7 Å². The summed E-state index contributed by atoms with van der Waals surface area (Å²) in [7, 11) is 6.44. The average molecular weight is 487 g/mol. The van der Waals surface area contributed by atoms with E-state index >= 15 is 0 Å². The molecule has 0 aliphatic carbocycles. The van der Waals surface area contributed by atoms with Crippen LogP contribution < -0.4 is 24.3 Å². The Labute approximate surface area is 205 Å². The third kappa shape index (κ3) is 6.21. The van der Waals surface area contributed by atoms with E-state index in [0.717, 1.165) is 22.6 Å². The minimum absolute atomic E-state index is 0.481. The molecule has 6 nitrogen and oxygen atoms in total. The van der Waals surface area contributed by atoms with Crippen molar-refractivity contribution >= 4 is 34.6 Å². The Hall–Kier alpha value is -3.16. The number of halogens is 1. The first-order valence-corrected chi connectivity index (χ1v) is 11.0. The number of methoxy groups -OCH3 is 4. The molecule has 8 heteroatoms. The number of thiocarbonyl (C=S) groups is 1. The Kier molecular flexibility index (Phi) is 8.63. The van der Waals surface area contributed by atoms with Crippen molar-refractivity contribution in [3.63, 3.8) is 0 Å². The molecule has 0 bridgehead atoms. The van der Waals surface area contributed by atoms with Gasteiger partial charge in [-0.2, -0.15) is 0 Å². The number of anilines is 1. The molecule has 0 saturated heterocycles. The van der Waals surface area contributed by atoms with Crippen LogP contribution in [-0.2, 0) is 13.1 Å². The lowest BCUT2D eigenvalue weighted by atomic mass is 10.1. The molecule has 3 aromatic rings. The second-order valence-electron chi connectivity index (χ2n) is 7.13. The van der Waals surface area contributed by atoms with Gasteiger partial charge in [0, 0.05) is 29.4 Å². The Morgan fingerprint density at radius 3 is 2.03 bits per heavy atom. The van der Waals surface area contributed by atoms with Gasteiger partial charge in [0.05, 0.1) is 28.4 Å². The Morgan fingerprint density at radius 1 is 0.788 bits per heavy atom. The topological polar surface area (TPSA) is 52.2 Å². The number of benzene rings is 3. The summed E-state index contributed by atoms with van der Waals surface area (Å²) in [5.41, 5.74) is 2.84. The highest BCUT2D eigenvalue weighted by Gasteiger charge is 2.20. The van der Waals surface area contributed by atoms with Crippen molar-refractivity contribution in [2.75, 3.05) is 33.8 Å². The van der Waals surface area contributed by atoms with E-state index in [1.54, 1.807) is 28.4 Å². The van der Waals surface area contributed by atoms with Crippen molar-refractivity contribution in [1.82, 2.24) is 4.90 Å². The van der Waals surface area contributed by atoms with Crippen LogP contribution in [0.3, 0.4) is 0 Å². The lowest BCUT2D eigenvalue weighted by Crippen LogP contribution is -2.34. The predicted octanol–water partition coefficient (Wildman–Crippen LogP) is 5.77. The summed E-state index contributed by atoms with van der Waals surface area (Å²) >= 11 is 11.8. The summed E-state index contributed by atoms with van der Waals surface area (Å²) in [6.07, 6.45) is 0. The quantitative estimate of drug-likeness (QED) is 0.385. The van der Waals surface area contributed by atoms with E-state index in [1.165, 1.54) is 0 Å². The van der Waals surface area contributed by atoms with Crippen LogP contribution in [0.4, 0.5) is 5.69 Å². The molecule has 3 aromatic carbocycles. The number of hydrogen-bond donors (Lipinski definition) is 1. The van der Waals surface area contributed by atoms with Crippen molar-refractivity contribution in [1.29, 1.82) is 0 Å².